The predicted octanol–water partition coefficient (Wildman–Crippen LogP) is 2.06. The van der Waals surface area contributed by atoms with E-state index in [1.165, 1.54) is 6.07 Å². The third-order valence-corrected chi connectivity index (χ3v) is 3.35. The normalized spacial score (nSPS) is 19.4. The predicted molar refractivity (Wildman–Crippen MR) is 65.4 cm³/mol. The molecule has 0 bridgehead atoms. The number of methoxy groups -OCH3 is 1. The van der Waals surface area contributed by atoms with E-state index in [2.05, 4.69) is 11.8 Å². The molecule has 1 heterocycles. The molecule has 1 aliphatic rings. The van der Waals surface area contributed by atoms with Gasteiger partial charge < -0.3 is 10.5 Å². The minimum Gasteiger partial charge on any atom is -0.496 e. The lowest BCUT2D eigenvalue weighted by atomic mass is 10.0. The van der Waals surface area contributed by atoms with Gasteiger partial charge in [-0.3, -0.25) is 4.90 Å². The van der Waals surface area contributed by atoms with Gasteiger partial charge in [0.15, 0.2) is 0 Å². The number of fused-ring (bicyclic) bond motifs is 1. The van der Waals surface area contributed by atoms with Gasteiger partial charge in [0.2, 0.25) is 0 Å². The van der Waals surface area contributed by atoms with E-state index in [4.69, 9.17) is 10.5 Å². The minimum absolute atomic E-state index is 0.0138. The topological polar surface area (TPSA) is 38.5 Å². The largest absolute Gasteiger partial charge is 0.496 e. The van der Waals surface area contributed by atoms with E-state index in [0.717, 1.165) is 36.4 Å². The highest BCUT2D eigenvalue weighted by molar-refractivity contribution is 5.45. The number of rotatable bonds is 4. The Morgan fingerprint density at radius 1 is 1.53 bits per heavy atom. The highest BCUT2D eigenvalue weighted by Crippen LogP contribution is 2.39. The third-order valence-electron chi connectivity index (χ3n) is 3.35. The molecule has 0 spiro atoms. The van der Waals surface area contributed by atoms with Crippen molar-refractivity contribution in [3.8, 4) is 5.75 Å². The highest BCUT2D eigenvalue weighted by Gasteiger charge is 2.33. The van der Waals surface area contributed by atoms with Crippen LogP contribution >= 0.6 is 0 Å². The molecule has 0 aliphatic carbocycles. The maximum atomic E-state index is 13.9. The SMILES string of the molecule is CCCN1Cc2c(OC)ccc(F)c2C1CN. The van der Waals surface area contributed by atoms with Crippen molar-refractivity contribution in [2.75, 3.05) is 20.2 Å². The van der Waals surface area contributed by atoms with Crippen LogP contribution in [0.5, 0.6) is 5.75 Å². The van der Waals surface area contributed by atoms with Crippen molar-refractivity contribution >= 4 is 0 Å². The van der Waals surface area contributed by atoms with Crippen molar-refractivity contribution in [2.24, 2.45) is 5.73 Å². The fraction of sp³-hybridized carbons (Fsp3) is 0.538. The van der Waals surface area contributed by atoms with Crippen LogP contribution in [0.3, 0.4) is 0 Å². The Bertz CT molecular complexity index is 409. The molecule has 0 radical (unpaired) electrons. The van der Waals surface area contributed by atoms with Crippen molar-refractivity contribution in [3.63, 3.8) is 0 Å². The third kappa shape index (κ3) is 2.03. The van der Waals surface area contributed by atoms with Gasteiger partial charge in [0.25, 0.3) is 0 Å². The van der Waals surface area contributed by atoms with Crippen LogP contribution in [0.15, 0.2) is 12.1 Å². The van der Waals surface area contributed by atoms with E-state index in [0.29, 0.717) is 6.54 Å². The first-order chi connectivity index (χ1) is 8.22. The highest BCUT2D eigenvalue weighted by atomic mass is 19.1. The molecule has 4 heteroatoms. The van der Waals surface area contributed by atoms with Gasteiger partial charge in [-0.25, -0.2) is 4.39 Å². The summed E-state index contributed by atoms with van der Waals surface area (Å²) in [6.45, 7) is 4.21. The average Bonchev–Trinajstić information content (AvgIpc) is 2.69. The Morgan fingerprint density at radius 2 is 2.29 bits per heavy atom. The Hall–Kier alpha value is -1.13. The molecule has 1 aromatic carbocycles. The molecule has 2 N–H and O–H groups in total. The molecule has 3 nitrogen and oxygen atoms in total. The van der Waals surface area contributed by atoms with Gasteiger partial charge in [0, 0.05) is 24.2 Å². The molecular formula is C13H19FN2O. The van der Waals surface area contributed by atoms with Crippen molar-refractivity contribution in [2.45, 2.75) is 25.9 Å². The second kappa shape index (κ2) is 5.02. The van der Waals surface area contributed by atoms with Crippen LogP contribution in [-0.2, 0) is 6.54 Å². The fourth-order valence-corrected chi connectivity index (χ4v) is 2.62. The van der Waals surface area contributed by atoms with Crippen LogP contribution in [0.4, 0.5) is 4.39 Å². The summed E-state index contributed by atoms with van der Waals surface area (Å²) in [5.41, 5.74) is 7.46. The van der Waals surface area contributed by atoms with Crippen molar-refractivity contribution in [3.05, 3.63) is 29.1 Å². The van der Waals surface area contributed by atoms with Crippen molar-refractivity contribution < 1.29 is 9.13 Å². The van der Waals surface area contributed by atoms with Gasteiger partial charge in [-0.05, 0) is 25.1 Å². The van der Waals surface area contributed by atoms with Crippen molar-refractivity contribution in [1.82, 2.24) is 4.90 Å². The van der Waals surface area contributed by atoms with E-state index in [-0.39, 0.29) is 11.9 Å². The van der Waals surface area contributed by atoms with E-state index in [1.807, 2.05) is 0 Å². The van der Waals surface area contributed by atoms with Gasteiger partial charge in [0.1, 0.15) is 11.6 Å². The zero-order valence-corrected chi connectivity index (χ0v) is 10.4. The number of nitrogens with two attached hydrogens (primary N) is 1. The van der Waals surface area contributed by atoms with Crippen LogP contribution in [0.1, 0.15) is 30.5 Å². The Labute approximate surface area is 101 Å². The first-order valence-electron chi connectivity index (χ1n) is 6.02. The summed E-state index contributed by atoms with van der Waals surface area (Å²) in [7, 11) is 1.62. The molecule has 0 aromatic heterocycles. The zero-order valence-electron chi connectivity index (χ0n) is 10.4. The lowest BCUT2D eigenvalue weighted by molar-refractivity contribution is 0.217. The molecule has 0 saturated carbocycles. The maximum absolute atomic E-state index is 13.9. The van der Waals surface area contributed by atoms with Gasteiger partial charge in [0.05, 0.1) is 13.2 Å². The number of hydrogen-bond donors (Lipinski definition) is 1. The molecule has 0 saturated heterocycles. The molecule has 0 fully saturated rings. The monoisotopic (exact) mass is 238 g/mol. The lowest BCUT2D eigenvalue weighted by Crippen LogP contribution is -2.28. The number of nitrogens with zero attached hydrogens (tertiary/aromatic N) is 1. The summed E-state index contributed by atoms with van der Waals surface area (Å²) < 4.78 is 19.2. The quantitative estimate of drug-likeness (QED) is 0.872. The fourth-order valence-electron chi connectivity index (χ4n) is 2.62. The molecule has 17 heavy (non-hydrogen) atoms. The van der Waals surface area contributed by atoms with E-state index < -0.39 is 0 Å². The number of hydrogen-bond acceptors (Lipinski definition) is 3. The van der Waals surface area contributed by atoms with Crippen LogP contribution in [0.25, 0.3) is 0 Å². The molecule has 2 rings (SSSR count). The first kappa shape index (κ1) is 12.3. The Balaban J connectivity index is 2.43. The van der Waals surface area contributed by atoms with E-state index in [1.54, 1.807) is 13.2 Å². The standard InChI is InChI=1S/C13H19FN2O/c1-3-6-16-8-9-12(17-2)5-4-10(14)13(9)11(16)7-15/h4-5,11H,3,6-8,15H2,1-2H3. The van der Waals surface area contributed by atoms with Crippen molar-refractivity contribution in [1.29, 1.82) is 0 Å². The minimum atomic E-state index is -0.171. The first-order valence-corrected chi connectivity index (χ1v) is 6.02. The summed E-state index contributed by atoms with van der Waals surface area (Å²) in [6.07, 6.45) is 1.04. The van der Waals surface area contributed by atoms with E-state index in [9.17, 15) is 4.39 Å². The molecule has 0 amide bonds. The Kier molecular flexibility index (Phi) is 3.64. The number of benzene rings is 1. The molecule has 1 atom stereocenters. The summed E-state index contributed by atoms with van der Waals surface area (Å²) in [5.74, 6) is 0.591. The van der Waals surface area contributed by atoms with Crippen LogP contribution in [0.2, 0.25) is 0 Å². The molecule has 1 aromatic rings. The van der Waals surface area contributed by atoms with Gasteiger partial charge in [-0.2, -0.15) is 0 Å². The van der Waals surface area contributed by atoms with Crippen LogP contribution in [-0.4, -0.2) is 25.1 Å². The van der Waals surface area contributed by atoms with Crippen LogP contribution < -0.4 is 10.5 Å². The zero-order chi connectivity index (χ0) is 12.4. The Morgan fingerprint density at radius 3 is 2.88 bits per heavy atom. The van der Waals surface area contributed by atoms with Gasteiger partial charge in [-0.1, -0.05) is 6.92 Å². The second-order valence-electron chi connectivity index (χ2n) is 4.36. The lowest BCUT2D eigenvalue weighted by Gasteiger charge is -2.22. The number of ether oxygens (including phenoxy) is 1. The second-order valence-corrected chi connectivity index (χ2v) is 4.36. The maximum Gasteiger partial charge on any atom is 0.128 e. The molecular weight excluding hydrogens is 219 g/mol. The van der Waals surface area contributed by atoms with Gasteiger partial charge in [-0.15, -0.1) is 0 Å². The number of halogens is 1. The molecule has 1 unspecified atom stereocenters. The molecule has 94 valence electrons. The summed E-state index contributed by atoms with van der Waals surface area (Å²) in [4.78, 5) is 2.22. The average molecular weight is 238 g/mol. The summed E-state index contributed by atoms with van der Waals surface area (Å²) in [5, 5.41) is 0. The van der Waals surface area contributed by atoms with Gasteiger partial charge >= 0.3 is 0 Å². The smallest absolute Gasteiger partial charge is 0.128 e. The van der Waals surface area contributed by atoms with E-state index >= 15 is 0 Å². The summed E-state index contributed by atoms with van der Waals surface area (Å²) in [6, 6.07) is 3.15. The molecule has 1 aliphatic heterocycles. The van der Waals surface area contributed by atoms with Crippen LogP contribution in [0, 0.1) is 5.82 Å². The summed E-state index contributed by atoms with van der Waals surface area (Å²) >= 11 is 0.